The van der Waals surface area contributed by atoms with Crippen LogP contribution in [0, 0.1) is 0 Å². The molecule has 0 unspecified atom stereocenters. The lowest BCUT2D eigenvalue weighted by atomic mass is 10.1. The second-order valence-electron chi connectivity index (χ2n) is 3.92. The van der Waals surface area contributed by atoms with E-state index in [1.807, 2.05) is 30.0 Å². The molecule has 0 saturated carbocycles. The van der Waals surface area contributed by atoms with Crippen molar-refractivity contribution in [2.24, 2.45) is 0 Å². The zero-order chi connectivity index (χ0) is 10.7. The molecule has 0 atom stereocenters. The number of nitrogens with zero attached hydrogens (tertiary/aromatic N) is 2. The average Bonchev–Trinajstić information content (AvgIpc) is 2.22. The van der Waals surface area contributed by atoms with Crippen LogP contribution in [0.2, 0.25) is 5.15 Å². The Morgan fingerprint density at radius 3 is 2.69 bits per heavy atom. The number of rotatable bonds is 2. The summed E-state index contributed by atoms with van der Waals surface area (Å²) in [6, 6.07) is 5.82. The Hall–Kier alpha value is 0.0400. The third kappa shape index (κ3) is 4.13. The molecule has 2 rings (SSSR count). The summed E-state index contributed by atoms with van der Waals surface area (Å²) in [6.07, 6.45) is 2.49. The Bertz CT molecular complexity index is 328. The van der Waals surface area contributed by atoms with Crippen molar-refractivity contribution >= 4 is 35.8 Å². The van der Waals surface area contributed by atoms with Gasteiger partial charge in [-0.15, -0.1) is 24.2 Å². The quantitative estimate of drug-likeness (QED) is 0.772. The van der Waals surface area contributed by atoms with Gasteiger partial charge >= 0.3 is 0 Å². The summed E-state index contributed by atoms with van der Waals surface area (Å²) in [5.41, 5.74) is 0. The highest BCUT2D eigenvalue weighted by Gasteiger charge is 2.17. The van der Waals surface area contributed by atoms with Crippen LogP contribution in [0.15, 0.2) is 23.2 Å². The molecule has 0 aromatic carbocycles. The molecule has 1 aromatic heterocycles. The van der Waals surface area contributed by atoms with E-state index >= 15 is 0 Å². The molecular formula is C11H16Cl2N2S. The van der Waals surface area contributed by atoms with Crippen molar-refractivity contribution < 1.29 is 0 Å². The Morgan fingerprint density at radius 2 is 2.06 bits per heavy atom. The van der Waals surface area contributed by atoms with Crippen LogP contribution < -0.4 is 0 Å². The number of aromatic nitrogens is 1. The highest BCUT2D eigenvalue weighted by molar-refractivity contribution is 7.99. The average molecular weight is 279 g/mol. The van der Waals surface area contributed by atoms with E-state index in [0.29, 0.717) is 10.4 Å². The van der Waals surface area contributed by atoms with Crippen LogP contribution in [0.3, 0.4) is 0 Å². The van der Waals surface area contributed by atoms with Gasteiger partial charge in [-0.25, -0.2) is 4.98 Å². The van der Waals surface area contributed by atoms with Crippen LogP contribution in [-0.4, -0.2) is 35.3 Å². The zero-order valence-corrected chi connectivity index (χ0v) is 11.6. The standard InChI is InChI=1S/C11H15ClN2S.ClH/c1-14-7-5-9(6-8-14)15-11-4-2-3-10(12)13-11;/h2-4,9H,5-8H2,1H3;1H. The van der Waals surface area contributed by atoms with Gasteiger partial charge < -0.3 is 4.90 Å². The molecule has 1 fully saturated rings. The van der Waals surface area contributed by atoms with E-state index < -0.39 is 0 Å². The highest BCUT2D eigenvalue weighted by Crippen LogP contribution is 2.29. The molecule has 1 aliphatic rings. The maximum atomic E-state index is 5.85. The molecule has 5 heteroatoms. The van der Waals surface area contributed by atoms with Crippen molar-refractivity contribution in [1.29, 1.82) is 0 Å². The van der Waals surface area contributed by atoms with Crippen molar-refractivity contribution in [3.05, 3.63) is 23.4 Å². The van der Waals surface area contributed by atoms with E-state index in [0.717, 1.165) is 5.03 Å². The van der Waals surface area contributed by atoms with Crippen molar-refractivity contribution in [1.82, 2.24) is 9.88 Å². The van der Waals surface area contributed by atoms with Crippen LogP contribution >= 0.6 is 35.8 Å². The van der Waals surface area contributed by atoms with Gasteiger partial charge in [-0.2, -0.15) is 0 Å². The van der Waals surface area contributed by atoms with Gasteiger partial charge in [0, 0.05) is 5.25 Å². The van der Waals surface area contributed by atoms with E-state index in [1.54, 1.807) is 0 Å². The minimum atomic E-state index is 0. The summed E-state index contributed by atoms with van der Waals surface area (Å²) in [4.78, 5) is 6.68. The molecule has 2 heterocycles. The third-order valence-electron chi connectivity index (χ3n) is 2.64. The van der Waals surface area contributed by atoms with E-state index in [1.165, 1.54) is 25.9 Å². The Kier molecular flexibility index (Phi) is 5.90. The fourth-order valence-corrected chi connectivity index (χ4v) is 3.04. The maximum Gasteiger partial charge on any atom is 0.130 e. The largest absolute Gasteiger partial charge is 0.306 e. The first-order chi connectivity index (χ1) is 7.24. The van der Waals surface area contributed by atoms with Crippen LogP contribution in [0.4, 0.5) is 0 Å². The molecule has 1 saturated heterocycles. The minimum Gasteiger partial charge on any atom is -0.306 e. The lowest BCUT2D eigenvalue weighted by molar-refractivity contribution is 0.282. The maximum absolute atomic E-state index is 5.85. The van der Waals surface area contributed by atoms with Gasteiger partial charge in [0.2, 0.25) is 0 Å². The summed E-state index contributed by atoms with van der Waals surface area (Å²) >= 11 is 7.71. The number of hydrogen-bond acceptors (Lipinski definition) is 3. The van der Waals surface area contributed by atoms with E-state index in [4.69, 9.17) is 11.6 Å². The van der Waals surface area contributed by atoms with Crippen molar-refractivity contribution in [3.63, 3.8) is 0 Å². The molecule has 0 aliphatic carbocycles. The van der Waals surface area contributed by atoms with Gasteiger partial charge in [0.05, 0.1) is 5.03 Å². The molecule has 2 nitrogen and oxygen atoms in total. The normalized spacial score (nSPS) is 18.1. The number of likely N-dealkylation sites (tertiary alicyclic amines) is 1. The van der Waals surface area contributed by atoms with E-state index in [2.05, 4.69) is 16.9 Å². The van der Waals surface area contributed by atoms with Gasteiger partial charge in [-0.05, 0) is 45.1 Å². The number of pyridine rings is 1. The van der Waals surface area contributed by atoms with Crippen LogP contribution in [0.5, 0.6) is 0 Å². The molecule has 0 N–H and O–H groups in total. The molecule has 0 bridgehead atoms. The first-order valence-electron chi connectivity index (χ1n) is 5.22. The second-order valence-corrected chi connectivity index (χ2v) is 5.63. The lowest BCUT2D eigenvalue weighted by Gasteiger charge is -2.28. The fourth-order valence-electron chi connectivity index (χ4n) is 1.73. The summed E-state index contributed by atoms with van der Waals surface area (Å²) in [6.45, 7) is 2.39. The molecular weight excluding hydrogens is 263 g/mol. The topological polar surface area (TPSA) is 16.1 Å². The van der Waals surface area contributed by atoms with Gasteiger partial charge in [0.25, 0.3) is 0 Å². The van der Waals surface area contributed by atoms with Crippen LogP contribution in [-0.2, 0) is 0 Å². The van der Waals surface area contributed by atoms with Gasteiger partial charge in [0.15, 0.2) is 0 Å². The monoisotopic (exact) mass is 278 g/mol. The van der Waals surface area contributed by atoms with E-state index in [9.17, 15) is 0 Å². The minimum absolute atomic E-state index is 0. The number of halogens is 2. The second kappa shape index (κ2) is 6.70. The molecule has 1 aliphatic heterocycles. The first kappa shape index (κ1) is 14.1. The first-order valence-corrected chi connectivity index (χ1v) is 6.47. The molecule has 90 valence electrons. The SMILES string of the molecule is CN1CCC(Sc2cccc(Cl)n2)CC1.Cl. The van der Waals surface area contributed by atoms with Crippen molar-refractivity contribution in [3.8, 4) is 0 Å². The number of piperidine rings is 1. The van der Waals surface area contributed by atoms with Crippen molar-refractivity contribution in [2.45, 2.75) is 23.1 Å². The Labute approximate surface area is 112 Å². The molecule has 0 amide bonds. The summed E-state index contributed by atoms with van der Waals surface area (Å²) in [5, 5.41) is 2.34. The Balaban J connectivity index is 0.00000128. The van der Waals surface area contributed by atoms with E-state index in [-0.39, 0.29) is 12.4 Å². The predicted octanol–water partition coefficient (Wildman–Crippen LogP) is 3.34. The summed E-state index contributed by atoms with van der Waals surface area (Å²) in [5.74, 6) is 0. The van der Waals surface area contributed by atoms with Crippen molar-refractivity contribution in [2.75, 3.05) is 20.1 Å². The lowest BCUT2D eigenvalue weighted by Crippen LogP contribution is -2.31. The molecule has 0 radical (unpaired) electrons. The number of thioether (sulfide) groups is 1. The summed E-state index contributed by atoms with van der Waals surface area (Å²) < 4.78 is 0. The van der Waals surface area contributed by atoms with Gasteiger partial charge in [-0.1, -0.05) is 17.7 Å². The van der Waals surface area contributed by atoms with Gasteiger partial charge in [0.1, 0.15) is 5.15 Å². The number of hydrogen-bond donors (Lipinski definition) is 0. The Morgan fingerprint density at radius 1 is 1.38 bits per heavy atom. The fraction of sp³-hybridized carbons (Fsp3) is 0.545. The molecule has 16 heavy (non-hydrogen) atoms. The summed E-state index contributed by atoms with van der Waals surface area (Å²) in [7, 11) is 2.18. The smallest absolute Gasteiger partial charge is 0.130 e. The van der Waals surface area contributed by atoms with Gasteiger partial charge in [-0.3, -0.25) is 0 Å². The predicted molar refractivity (Wildman–Crippen MR) is 72.9 cm³/mol. The zero-order valence-electron chi connectivity index (χ0n) is 9.23. The molecule has 1 aromatic rings. The van der Waals surface area contributed by atoms with Crippen LogP contribution in [0.25, 0.3) is 0 Å². The van der Waals surface area contributed by atoms with Crippen LogP contribution in [0.1, 0.15) is 12.8 Å². The molecule has 0 spiro atoms. The third-order valence-corrected chi connectivity index (χ3v) is 4.13. The highest BCUT2D eigenvalue weighted by atomic mass is 35.5.